The second-order valence-electron chi connectivity index (χ2n) is 4.04. The molecule has 0 aliphatic carbocycles. The molecule has 0 rings (SSSR count). The topological polar surface area (TPSA) is 83.5 Å². The van der Waals surface area contributed by atoms with E-state index in [1.54, 1.807) is 0 Å². The molecule has 0 radical (unpaired) electrons. The smallest absolute Gasteiger partial charge is 0.308 e. The third kappa shape index (κ3) is 8.67. The molecule has 0 fully saturated rings. The Morgan fingerprint density at radius 3 is 2.44 bits per heavy atom. The lowest BCUT2D eigenvalue weighted by atomic mass is 10.2. The zero-order chi connectivity index (χ0) is 12.6. The van der Waals surface area contributed by atoms with Gasteiger partial charge in [0.1, 0.15) is 9.84 Å². The van der Waals surface area contributed by atoms with Gasteiger partial charge in [-0.2, -0.15) is 0 Å². The Kier molecular flexibility index (Phi) is 7.33. The van der Waals surface area contributed by atoms with E-state index in [0.717, 1.165) is 32.1 Å². The van der Waals surface area contributed by atoms with Gasteiger partial charge in [0, 0.05) is 12.8 Å². The van der Waals surface area contributed by atoms with Crippen molar-refractivity contribution in [2.24, 2.45) is 5.92 Å². The summed E-state index contributed by atoms with van der Waals surface area (Å²) in [5.74, 6) is -2.21. The molecule has 0 aliphatic rings. The number of carboxylic acids is 1. The Hall–Kier alpha value is -0.620. The van der Waals surface area contributed by atoms with Gasteiger partial charge in [0.05, 0.1) is 11.7 Å². The maximum absolute atomic E-state index is 11.0. The van der Waals surface area contributed by atoms with Crippen LogP contribution in [0.3, 0.4) is 0 Å². The molecule has 2 N–H and O–H groups in total. The maximum atomic E-state index is 11.0. The van der Waals surface area contributed by atoms with E-state index < -0.39 is 21.7 Å². The fourth-order valence-electron chi connectivity index (χ4n) is 1.36. The van der Waals surface area contributed by atoms with Gasteiger partial charge in [0.15, 0.2) is 0 Å². The Balaban J connectivity index is 3.92. The summed E-state index contributed by atoms with van der Waals surface area (Å²) < 4.78 is 22.0. The summed E-state index contributed by atoms with van der Waals surface area (Å²) in [6, 6.07) is 0. The largest absolute Gasteiger partial charge is 0.481 e. The van der Waals surface area contributed by atoms with Crippen LogP contribution in [0.2, 0.25) is 0 Å². The minimum absolute atomic E-state index is 0.214. The van der Waals surface area contributed by atoms with E-state index in [2.05, 4.69) is 12.2 Å². The van der Waals surface area contributed by atoms with Gasteiger partial charge in [0.2, 0.25) is 0 Å². The molecule has 0 aromatic heterocycles. The molecule has 1 atom stereocenters. The number of carboxylic acid groups (broad SMARTS) is 1. The molecule has 0 aliphatic heterocycles. The highest BCUT2D eigenvalue weighted by molar-refractivity contribution is 7.90. The van der Waals surface area contributed by atoms with Crippen molar-refractivity contribution in [3.8, 4) is 0 Å². The quantitative estimate of drug-likeness (QED) is 0.583. The van der Waals surface area contributed by atoms with Gasteiger partial charge in [-0.05, 0) is 13.0 Å². The molecule has 6 heteroatoms. The van der Waals surface area contributed by atoms with E-state index in [0.29, 0.717) is 0 Å². The molecule has 0 spiro atoms. The van der Waals surface area contributed by atoms with E-state index >= 15 is 0 Å². The summed E-state index contributed by atoms with van der Waals surface area (Å²) in [6.07, 6.45) is 4.24. The fraction of sp³-hybridized carbons (Fsp3) is 0.900. The lowest BCUT2D eigenvalue weighted by Crippen LogP contribution is -2.33. The lowest BCUT2D eigenvalue weighted by Gasteiger charge is -2.12. The number of aliphatic carboxylic acids is 1. The third-order valence-corrected chi connectivity index (χ3v) is 3.21. The monoisotopic (exact) mass is 251 g/mol. The van der Waals surface area contributed by atoms with E-state index in [1.807, 2.05) is 0 Å². The molecule has 0 saturated heterocycles. The van der Waals surface area contributed by atoms with Crippen LogP contribution in [0.5, 0.6) is 0 Å². The molecule has 96 valence electrons. The highest BCUT2D eigenvalue weighted by Gasteiger charge is 2.21. The van der Waals surface area contributed by atoms with Gasteiger partial charge in [-0.15, -0.1) is 0 Å². The van der Waals surface area contributed by atoms with Crippen molar-refractivity contribution in [3.05, 3.63) is 0 Å². The van der Waals surface area contributed by atoms with Crippen LogP contribution in [0.15, 0.2) is 0 Å². The van der Waals surface area contributed by atoms with Crippen molar-refractivity contribution in [1.82, 2.24) is 5.32 Å². The zero-order valence-corrected chi connectivity index (χ0v) is 10.7. The second kappa shape index (κ2) is 7.62. The Labute approximate surface area is 97.2 Å². The predicted octanol–water partition coefficient (Wildman–Crippen LogP) is 0.512. The summed E-state index contributed by atoms with van der Waals surface area (Å²) in [7, 11) is -3.24. The van der Waals surface area contributed by atoms with E-state index in [1.165, 1.54) is 0 Å². The minimum Gasteiger partial charge on any atom is -0.481 e. The SMILES string of the molecule is CCCCCNCC(CS(C)(=O)=O)C(=O)O. The van der Waals surface area contributed by atoms with Crippen LogP contribution in [0.4, 0.5) is 0 Å². The number of sulfone groups is 1. The van der Waals surface area contributed by atoms with Crippen LogP contribution in [0.1, 0.15) is 26.2 Å². The van der Waals surface area contributed by atoms with Crippen molar-refractivity contribution in [2.45, 2.75) is 26.2 Å². The molecule has 0 saturated carbocycles. The number of hydrogen-bond acceptors (Lipinski definition) is 4. The Bertz CT molecular complexity index is 300. The first kappa shape index (κ1) is 15.4. The average Bonchev–Trinajstić information content (AvgIpc) is 2.13. The number of rotatable bonds is 9. The highest BCUT2D eigenvalue weighted by atomic mass is 32.2. The molecule has 0 bridgehead atoms. The van der Waals surface area contributed by atoms with Gasteiger partial charge in [0.25, 0.3) is 0 Å². The summed E-state index contributed by atoms with van der Waals surface area (Å²) >= 11 is 0. The van der Waals surface area contributed by atoms with Crippen LogP contribution >= 0.6 is 0 Å². The summed E-state index contributed by atoms with van der Waals surface area (Å²) in [5.41, 5.74) is 0. The first-order valence-electron chi connectivity index (χ1n) is 5.48. The first-order valence-corrected chi connectivity index (χ1v) is 7.54. The summed E-state index contributed by atoms with van der Waals surface area (Å²) in [5, 5.41) is 11.8. The van der Waals surface area contributed by atoms with Crippen LogP contribution in [0, 0.1) is 5.92 Å². The summed E-state index contributed by atoms with van der Waals surface area (Å²) in [6.45, 7) is 3.04. The molecule has 0 aromatic carbocycles. The molecule has 1 unspecified atom stereocenters. The number of unbranched alkanes of at least 4 members (excludes halogenated alkanes) is 2. The van der Waals surface area contributed by atoms with Crippen molar-refractivity contribution in [2.75, 3.05) is 25.1 Å². The van der Waals surface area contributed by atoms with Crippen LogP contribution in [0.25, 0.3) is 0 Å². The van der Waals surface area contributed by atoms with Gasteiger partial charge >= 0.3 is 5.97 Å². The van der Waals surface area contributed by atoms with Crippen molar-refractivity contribution in [3.63, 3.8) is 0 Å². The van der Waals surface area contributed by atoms with Crippen molar-refractivity contribution >= 4 is 15.8 Å². The van der Waals surface area contributed by atoms with Gasteiger partial charge in [-0.25, -0.2) is 8.42 Å². The zero-order valence-electron chi connectivity index (χ0n) is 9.90. The predicted molar refractivity (Wildman–Crippen MR) is 63.2 cm³/mol. The number of hydrogen-bond donors (Lipinski definition) is 2. The molecule has 5 nitrogen and oxygen atoms in total. The number of carbonyl (C=O) groups is 1. The van der Waals surface area contributed by atoms with Gasteiger partial charge in [-0.3, -0.25) is 4.79 Å². The third-order valence-electron chi connectivity index (χ3n) is 2.20. The summed E-state index contributed by atoms with van der Waals surface area (Å²) in [4.78, 5) is 10.8. The molecular formula is C10H21NO4S. The van der Waals surface area contributed by atoms with E-state index in [4.69, 9.17) is 5.11 Å². The van der Waals surface area contributed by atoms with E-state index in [-0.39, 0.29) is 12.3 Å². The molecule has 0 heterocycles. The first-order chi connectivity index (χ1) is 7.37. The molecule has 0 amide bonds. The van der Waals surface area contributed by atoms with E-state index in [9.17, 15) is 13.2 Å². The number of nitrogens with one attached hydrogen (secondary N) is 1. The van der Waals surface area contributed by atoms with Crippen molar-refractivity contribution < 1.29 is 18.3 Å². The highest BCUT2D eigenvalue weighted by Crippen LogP contribution is 2.01. The second-order valence-corrected chi connectivity index (χ2v) is 6.22. The lowest BCUT2D eigenvalue weighted by molar-refractivity contribution is -0.140. The van der Waals surface area contributed by atoms with Crippen LogP contribution in [-0.2, 0) is 14.6 Å². The average molecular weight is 251 g/mol. The molecule has 0 aromatic rings. The Morgan fingerprint density at radius 1 is 1.38 bits per heavy atom. The standard InChI is InChI=1S/C10H21NO4S/c1-3-4-5-6-11-7-9(10(12)13)8-16(2,14)15/h9,11H,3-8H2,1-2H3,(H,12,13). The normalized spacial score (nSPS) is 13.6. The Morgan fingerprint density at radius 2 is 2.00 bits per heavy atom. The van der Waals surface area contributed by atoms with Gasteiger partial charge < -0.3 is 10.4 Å². The molecular weight excluding hydrogens is 230 g/mol. The minimum atomic E-state index is -3.24. The molecule has 16 heavy (non-hydrogen) atoms. The van der Waals surface area contributed by atoms with Crippen LogP contribution < -0.4 is 5.32 Å². The van der Waals surface area contributed by atoms with Crippen LogP contribution in [-0.4, -0.2) is 44.6 Å². The maximum Gasteiger partial charge on any atom is 0.308 e. The fourth-order valence-corrected chi connectivity index (χ4v) is 2.35. The van der Waals surface area contributed by atoms with Gasteiger partial charge in [-0.1, -0.05) is 19.8 Å². The van der Waals surface area contributed by atoms with Crippen molar-refractivity contribution in [1.29, 1.82) is 0 Å².